The molecule has 142 valence electrons. The van der Waals surface area contributed by atoms with Gasteiger partial charge in [0, 0.05) is 5.56 Å². The van der Waals surface area contributed by atoms with Crippen LogP contribution >= 0.6 is 7.60 Å². The van der Waals surface area contributed by atoms with E-state index in [9.17, 15) is 4.57 Å². The first kappa shape index (κ1) is 20.5. The minimum absolute atomic E-state index is 0.151. The lowest BCUT2D eigenvalue weighted by Crippen LogP contribution is -2.00. The Bertz CT molecular complexity index is 800. The van der Waals surface area contributed by atoms with Gasteiger partial charge in [-0.3, -0.25) is 4.57 Å². The summed E-state index contributed by atoms with van der Waals surface area (Å²) in [4.78, 5) is 18.1. The van der Waals surface area contributed by atoms with E-state index in [0.717, 1.165) is 39.5 Å². The summed E-state index contributed by atoms with van der Waals surface area (Å²) in [6, 6.07) is 9.63. The van der Waals surface area contributed by atoms with Crippen LogP contribution in [0.3, 0.4) is 0 Å². The molecule has 0 heterocycles. The number of methoxy groups -OCH3 is 1. The molecule has 2 aromatic rings. The van der Waals surface area contributed by atoms with Gasteiger partial charge in [0.25, 0.3) is 0 Å². The fourth-order valence-electron chi connectivity index (χ4n) is 2.93. The van der Waals surface area contributed by atoms with E-state index >= 15 is 0 Å². The SMILES string of the molecule is COc1ccc(Oc2c(C)cc(CCP(=O)(O)O)cc2C)c(C(C)C)c1. The Morgan fingerprint density at radius 3 is 2.19 bits per heavy atom. The molecule has 0 spiro atoms. The summed E-state index contributed by atoms with van der Waals surface area (Å²) >= 11 is 0. The Morgan fingerprint density at radius 2 is 1.69 bits per heavy atom. The maximum absolute atomic E-state index is 11.1. The predicted molar refractivity (Wildman–Crippen MR) is 104 cm³/mol. The van der Waals surface area contributed by atoms with Gasteiger partial charge < -0.3 is 19.3 Å². The fraction of sp³-hybridized carbons (Fsp3) is 0.400. The Morgan fingerprint density at radius 1 is 1.08 bits per heavy atom. The summed E-state index contributed by atoms with van der Waals surface area (Å²) in [6.45, 7) is 8.10. The summed E-state index contributed by atoms with van der Waals surface area (Å²) in [5.74, 6) is 2.64. The molecule has 0 saturated heterocycles. The number of ether oxygens (including phenoxy) is 2. The highest BCUT2D eigenvalue weighted by atomic mass is 31.2. The third-order valence-electron chi connectivity index (χ3n) is 4.26. The number of aryl methyl sites for hydroxylation is 3. The van der Waals surface area contributed by atoms with Gasteiger partial charge in [0.05, 0.1) is 13.3 Å². The molecule has 0 aliphatic rings. The summed E-state index contributed by atoms with van der Waals surface area (Å²) in [5, 5.41) is 0. The van der Waals surface area contributed by atoms with Gasteiger partial charge >= 0.3 is 7.60 Å². The Labute approximate surface area is 155 Å². The topological polar surface area (TPSA) is 76.0 Å². The Balaban J connectivity index is 2.31. The molecule has 0 aliphatic heterocycles. The fourth-order valence-corrected chi connectivity index (χ4v) is 3.48. The molecular formula is C20H27O5P. The second-order valence-corrected chi connectivity index (χ2v) is 8.63. The monoisotopic (exact) mass is 378 g/mol. The van der Waals surface area contributed by atoms with Crippen LogP contribution < -0.4 is 9.47 Å². The van der Waals surface area contributed by atoms with Crippen LogP contribution in [0.5, 0.6) is 17.2 Å². The first-order valence-corrected chi connectivity index (χ1v) is 10.4. The van der Waals surface area contributed by atoms with Crippen molar-refractivity contribution >= 4 is 7.60 Å². The highest BCUT2D eigenvalue weighted by molar-refractivity contribution is 7.51. The van der Waals surface area contributed by atoms with Crippen LogP contribution in [-0.2, 0) is 11.0 Å². The number of benzene rings is 2. The van der Waals surface area contributed by atoms with Crippen molar-refractivity contribution in [1.82, 2.24) is 0 Å². The molecule has 0 saturated carbocycles. The van der Waals surface area contributed by atoms with Crippen LogP contribution in [0.15, 0.2) is 30.3 Å². The van der Waals surface area contributed by atoms with Crippen molar-refractivity contribution in [2.75, 3.05) is 13.3 Å². The standard InChI is InChI=1S/C20H27O5P/c1-13(2)18-12-17(24-5)6-7-19(18)25-20-14(3)10-16(11-15(20)4)8-9-26(21,22)23/h6-7,10-13H,8-9H2,1-5H3,(H2,21,22,23). The summed E-state index contributed by atoms with van der Waals surface area (Å²) < 4.78 is 22.6. The molecule has 0 atom stereocenters. The number of rotatable bonds is 7. The van der Waals surface area contributed by atoms with E-state index in [4.69, 9.17) is 19.3 Å². The average molecular weight is 378 g/mol. The van der Waals surface area contributed by atoms with Crippen molar-refractivity contribution < 1.29 is 23.8 Å². The average Bonchev–Trinajstić information content (AvgIpc) is 2.55. The predicted octanol–water partition coefficient (Wildman–Crippen LogP) is 4.95. The van der Waals surface area contributed by atoms with Crippen LogP contribution in [0.2, 0.25) is 0 Å². The van der Waals surface area contributed by atoms with Gasteiger partial charge in [-0.05, 0) is 61.1 Å². The van der Waals surface area contributed by atoms with E-state index in [1.165, 1.54) is 0 Å². The van der Waals surface area contributed by atoms with E-state index in [2.05, 4.69) is 13.8 Å². The highest BCUT2D eigenvalue weighted by Crippen LogP contribution is 2.38. The lowest BCUT2D eigenvalue weighted by molar-refractivity contribution is 0.373. The minimum atomic E-state index is -4.00. The van der Waals surface area contributed by atoms with Crippen molar-refractivity contribution in [3.8, 4) is 17.2 Å². The van der Waals surface area contributed by atoms with Gasteiger partial charge in [-0.25, -0.2) is 0 Å². The molecule has 0 radical (unpaired) electrons. The minimum Gasteiger partial charge on any atom is -0.497 e. The zero-order valence-electron chi connectivity index (χ0n) is 15.9. The van der Waals surface area contributed by atoms with Gasteiger partial charge in [0.2, 0.25) is 0 Å². The third kappa shape index (κ3) is 5.34. The lowest BCUT2D eigenvalue weighted by Gasteiger charge is -2.18. The zero-order valence-corrected chi connectivity index (χ0v) is 16.8. The summed E-state index contributed by atoms with van der Waals surface area (Å²) in [5.41, 5.74) is 3.84. The second-order valence-electron chi connectivity index (χ2n) is 6.86. The molecule has 6 heteroatoms. The van der Waals surface area contributed by atoms with Crippen LogP contribution in [0.25, 0.3) is 0 Å². The first-order valence-electron chi connectivity index (χ1n) is 8.61. The van der Waals surface area contributed by atoms with E-state index in [1.54, 1.807) is 7.11 Å². The molecule has 0 amide bonds. The molecule has 0 aliphatic carbocycles. The van der Waals surface area contributed by atoms with E-state index in [1.807, 2.05) is 44.2 Å². The van der Waals surface area contributed by atoms with Crippen molar-refractivity contribution in [3.63, 3.8) is 0 Å². The Hall–Kier alpha value is -1.81. The normalized spacial score (nSPS) is 11.7. The summed E-state index contributed by atoms with van der Waals surface area (Å²) in [7, 11) is -2.35. The molecular weight excluding hydrogens is 351 g/mol. The first-order chi connectivity index (χ1) is 12.1. The molecule has 26 heavy (non-hydrogen) atoms. The molecule has 0 unspecified atom stereocenters. The van der Waals surface area contributed by atoms with E-state index in [0.29, 0.717) is 6.42 Å². The van der Waals surface area contributed by atoms with Crippen LogP contribution in [-0.4, -0.2) is 23.1 Å². The number of hydrogen-bond donors (Lipinski definition) is 2. The maximum Gasteiger partial charge on any atom is 0.325 e. The molecule has 2 N–H and O–H groups in total. The second kappa shape index (κ2) is 8.26. The van der Waals surface area contributed by atoms with E-state index in [-0.39, 0.29) is 12.1 Å². The molecule has 0 fully saturated rings. The van der Waals surface area contributed by atoms with Gasteiger partial charge in [-0.2, -0.15) is 0 Å². The van der Waals surface area contributed by atoms with Gasteiger partial charge in [0.15, 0.2) is 0 Å². The van der Waals surface area contributed by atoms with Crippen molar-refractivity contribution in [3.05, 3.63) is 52.6 Å². The molecule has 2 aromatic carbocycles. The highest BCUT2D eigenvalue weighted by Gasteiger charge is 2.16. The van der Waals surface area contributed by atoms with E-state index < -0.39 is 7.60 Å². The van der Waals surface area contributed by atoms with Crippen molar-refractivity contribution in [1.29, 1.82) is 0 Å². The number of hydrogen-bond acceptors (Lipinski definition) is 3. The third-order valence-corrected chi connectivity index (χ3v) is 5.07. The molecule has 5 nitrogen and oxygen atoms in total. The van der Waals surface area contributed by atoms with Crippen LogP contribution in [0.1, 0.15) is 42.0 Å². The van der Waals surface area contributed by atoms with Crippen molar-refractivity contribution in [2.24, 2.45) is 0 Å². The van der Waals surface area contributed by atoms with Crippen LogP contribution in [0.4, 0.5) is 0 Å². The lowest BCUT2D eigenvalue weighted by atomic mass is 10.0. The molecule has 0 aromatic heterocycles. The van der Waals surface area contributed by atoms with Gasteiger partial charge in [-0.1, -0.05) is 26.0 Å². The van der Waals surface area contributed by atoms with Gasteiger partial charge in [-0.15, -0.1) is 0 Å². The largest absolute Gasteiger partial charge is 0.497 e. The quantitative estimate of drug-likeness (QED) is 0.667. The van der Waals surface area contributed by atoms with Gasteiger partial charge in [0.1, 0.15) is 17.2 Å². The zero-order chi connectivity index (χ0) is 19.5. The Kier molecular flexibility index (Phi) is 6.51. The molecule has 2 rings (SSSR count). The van der Waals surface area contributed by atoms with Crippen LogP contribution in [0, 0.1) is 13.8 Å². The van der Waals surface area contributed by atoms with Crippen molar-refractivity contribution in [2.45, 2.75) is 40.0 Å². The molecule has 0 bridgehead atoms. The smallest absolute Gasteiger partial charge is 0.325 e. The maximum atomic E-state index is 11.1. The summed E-state index contributed by atoms with van der Waals surface area (Å²) in [6.07, 6.45) is 0.189.